The van der Waals surface area contributed by atoms with Gasteiger partial charge in [0.25, 0.3) is 0 Å². The van der Waals surface area contributed by atoms with Gasteiger partial charge < -0.3 is 5.32 Å². The fourth-order valence-electron chi connectivity index (χ4n) is 1.67. The van der Waals surface area contributed by atoms with E-state index in [0.717, 1.165) is 12.1 Å². The molecule has 2 aromatic heterocycles. The number of hydrogen-bond acceptors (Lipinski definition) is 4. The van der Waals surface area contributed by atoms with Crippen LogP contribution in [0, 0.1) is 18.3 Å². The molecule has 2 aromatic rings. The van der Waals surface area contributed by atoms with Crippen molar-refractivity contribution in [1.29, 1.82) is 5.26 Å². The zero-order chi connectivity index (χ0) is 12.8. The van der Waals surface area contributed by atoms with Crippen molar-refractivity contribution >= 4 is 0 Å². The molecular weight excluding hydrogens is 224 g/mol. The predicted molar refractivity (Wildman–Crippen MR) is 68.5 cm³/mol. The summed E-state index contributed by atoms with van der Waals surface area (Å²) in [7, 11) is 0. The Labute approximate surface area is 106 Å². The van der Waals surface area contributed by atoms with Crippen molar-refractivity contribution in [1.82, 2.24) is 15.3 Å². The molecule has 0 atom stereocenters. The number of nitriles is 1. The second kappa shape index (κ2) is 5.89. The number of nitrogens with one attached hydrogen (secondary N) is 1. The summed E-state index contributed by atoms with van der Waals surface area (Å²) in [5.41, 5.74) is 3.92. The number of aryl methyl sites for hydroxylation is 1. The molecule has 4 nitrogen and oxygen atoms in total. The Morgan fingerprint density at radius 2 is 2.17 bits per heavy atom. The number of aromatic nitrogens is 2. The maximum atomic E-state index is 8.76. The minimum atomic E-state index is 0.451. The van der Waals surface area contributed by atoms with E-state index in [1.165, 1.54) is 11.1 Å². The Kier molecular flexibility index (Phi) is 4.00. The molecule has 90 valence electrons. The number of hydrogen-bond donors (Lipinski definition) is 1. The van der Waals surface area contributed by atoms with Crippen molar-refractivity contribution in [2.45, 2.75) is 20.0 Å². The highest BCUT2D eigenvalue weighted by atomic mass is 14.9. The molecule has 0 aromatic carbocycles. The Bertz CT molecular complexity index is 572. The normalized spacial score (nSPS) is 10.0. The average Bonchev–Trinajstić information content (AvgIpc) is 2.41. The van der Waals surface area contributed by atoms with E-state index >= 15 is 0 Å². The minimum Gasteiger partial charge on any atom is -0.309 e. The van der Waals surface area contributed by atoms with E-state index in [1.807, 2.05) is 24.4 Å². The van der Waals surface area contributed by atoms with Crippen molar-refractivity contribution in [2.24, 2.45) is 0 Å². The Morgan fingerprint density at radius 1 is 1.28 bits per heavy atom. The highest BCUT2D eigenvalue weighted by molar-refractivity contribution is 5.25. The molecule has 4 heteroatoms. The highest BCUT2D eigenvalue weighted by Gasteiger charge is 1.99. The van der Waals surface area contributed by atoms with Crippen molar-refractivity contribution in [2.75, 3.05) is 0 Å². The molecule has 0 saturated carbocycles. The van der Waals surface area contributed by atoms with Gasteiger partial charge in [0.05, 0.1) is 0 Å². The van der Waals surface area contributed by atoms with Crippen molar-refractivity contribution in [3.63, 3.8) is 0 Å². The lowest BCUT2D eigenvalue weighted by molar-refractivity contribution is 0.687. The van der Waals surface area contributed by atoms with Crippen LogP contribution in [0.3, 0.4) is 0 Å². The summed E-state index contributed by atoms with van der Waals surface area (Å²) in [5.74, 6) is 0. The Hall–Kier alpha value is -2.25. The Morgan fingerprint density at radius 3 is 2.94 bits per heavy atom. The van der Waals surface area contributed by atoms with Gasteiger partial charge in [-0.1, -0.05) is 0 Å². The van der Waals surface area contributed by atoms with Gasteiger partial charge in [-0.25, -0.2) is 4.98 Å². The second-order valence-electron chi connectivity index (χ2n) is 4.07. The van der Waals surface area contributed by atoms with Gasteiger partial charge in [0.15, 0.2) is 0 Å². The molecule has 0 unspecified atom stereocenters. The van der Waals surface area contributed by atoms with Crippen LogP contribution in [-0.2, 0) is 13.1 Å². The van der Waals surface area contributed by atoms with Crippen LogP contribution in [0.2, 0.25) is 0 Å². The largest absolute Gasteiger partial charge is 0.309 e. The highest BCUT2D eigenvalue weighted by Crippen LogP contribution is 2.05. The lowest BCUT2D eigenvalue weighted by Gasteiger charge is -2.07. The maximum absolute atomic E-state index is 8.76. The van der Waals surface area contributed by atoms with Crippen LogP contribution in [0.5, 0.6) is 0 Å². The fraction of sp³-hybridized carbons (Fsp3) is 0.214. The molecule has 0 aliphatic rings. The van der Waals surface area contributed by atoms with Crippen LogP contribution >= 0.6 is 0 Å². The quantitative estimate of drug-likeness (QED) is 0.884. The molecule has 1 N–H and O–H groups in total. The van der Waals surface area contributed by atoms with E-state index in [9.17, 15) is 0 Å². The number of rotatable bonds is 4. The number of nitrogens with zero attached hydrogens (tertiary/aromatic N) is 3. The van der Waals surface area contributed by atoms with Crippen molar-refractivity contribution in [3.05, 3.63) is 59.2 Å². The summed E-state index contributed by atoms with van der Waals surface area (Å²) in [6.07, 6.45) is 5.32. The first-order valence-corrected chi connectivity index (χ1v) is 5.75. The summed E-state index contributed by atoms with van der Waals surface area (Å²) in [4.78, 5) is 8.04. The summed E-state index contributed by atoms with van der Waals surface area (Å²) in [6, 6.07) is 7.73. The third-order valence-corrected chi connectivity index (χ3v) is 2.73. The lowest BCUT2D eigenvalue weighted by Crippen LogP contribution is -2.13. The average molecular weight is 238 g/mol. The molecule has 0 amide bonds. The molecule has 0 radical (unpaired) electrons. The first-order chi connectivity index (χ1) is 8.79. The number of pyridine rings is 2. The second-order valence-corrected chi connectivity index (χ2v) is 4.07. The SMILES string of the molecule is Cc1ccncc1CNCc1ccnc(C#N)c1. The van der Waals surface area contributed by atoms with Gasteiger partial charge in [0.2, 0.25) is 0 Å². The zero-order valence-corrected chi connectivity index (χ0v) is 10.2. The molecular formula is C14H14N4. The van der Waals surface area contributed by atoms with Gasteiger partial charge >= 0.3 is 0 Å². The van der Waals surface area contributed by atoms with Crippen LogP contribution < -0.4 is 5.32 Å². The van der Waals surface area contributed by atoms with Crippen LogP contribution in [0.4, 0.5) is 0 Å². The van der Waals surface area contributed by atoms with E-state index < -0.39 is 0 Å². The molecule has 0 aliphatic carbocycles. The van der Waals surface area contributed by atoms with Gasteiger partial charge in [0, 0.05) is 31.7 Å². The first kappa shape index (κ1) is 12.2. The van der Waals surface area contributed by atoms with Crippen molar-refractivity contribution in [3.8, 4) is 6.07 Å². The first-order valence-electron chi connectivity index (χ1n) is 5.75. The third kappa shape index (κ3) is 3.12. The standard InChI is InChI=1S/C14H14N4/c1-11-2-4-16-9-13(11)10-17-8-12-3-5-18-14(6-12)7-15/h2-6,9,17H,8,10H2,1H3. The molecule has 0 fully saturated rings. The van der Waals surface area contributed by atoms with Gasteiger partial charge in [-0.2, -0.15) is 5.26 Å². The summed E-state index contributed by atoms with van der Waals surface area (Å²) in [6.45, 7) is 3.55. The summed E-state index contributed by atoms with van der Waals surface area (Å²) >= 11 is 0. The summed E-state index contributed by atoms with van der Waals surface area (Å²) < 4.78 is 0. The van der Waals surface area contributed by atoms with E-state index in [2.05, 4.69) is 22.2 Å². The molecule has 2 rings (SSSR count). The monoisotopic (exact) mass is 238 g/mol. The van der Waals surface area contributed by atoms with E-state index in [1.54, 1.807) is 18.5 Å². The minimum absolute atomic E-state index is 0.451. The predicted octanol–water partition coefficient (Wildman–Crippen LogP) is 1.95. The van der Waals surface area contributed by atoms with Gasteiger partial charge in [0.1, 0.15) is 11.8 Å². The molecule has 2 heterocycles. The zero-order valence-electron chi connectivity index (χ0n) is 10.2. The van der Waals surface area contributed by atoms with Crippen molar-refractivity contribution < 1.29 is 0 Å². The molecule has 0 spiro atoms. The molecule has 18 heavy (non-hydrogen) atoms. The molecule has 0 saturated heterocycles. The molecule has 0 bridgehead atoms. The van der Waals surface area contributed by atoms with Crippen LogP contribution in [0.15, 0.2) is 36.8 Å². The lowest BCUT2D eigenvalue weighted by atomic mass is 10.1. The smallest absolute Gasteiger partial charge is 0.140 e. The molecule has 0 aliphatic heterocycles. The fourth-order valence-corrected chi connectivity index (χ4v) is 1.67. The van der Waals surface area contributed by atoms with Gasteiger partial charge in [-0.05, 0) is 41.8 Å². The Balaban J connectivity index is 1.93. The topological polar surface area (TPSA) is 61.6 Å². The van der Waals surface area contributed by atoms with E-state index in [-0.39, 0.29) is 0 Å². The van der Waals surface area contributed by atoms with Crippen LogP contribution in [-0.4, -0.2) is 9.97 Å². The van der Waals surface area contributed by atoms with E-state index in [4.69, 9.17) is 5.26 Å². The van der Waals surface area contributed by atoms with E-state index in [0.29, 0.717) is 12.2 Å². The third-order valence-electron chi connectivity index (χ3n) is 2.73. The van der Waals surface area contributed by atoms with Gasteiger partial charge in [-0.3, -0.25) is 4.98 Å². The van der Waals surface area contributed by atoms with Gasteiger partial charge in [-0.15, -0.1) is 0 Å². The van der Waals surface area contributed by atoms with Crippen LogP contribution in [0.25, 0.3) is 0 Å². The summed E-state index contributed by atoms with van der Waals surface area (Å²) in [5, 5.41) is 12.1. The van der Waals surface area contributed by atoms with Crippen LogP contribution in [0.1, 0.15) is 22.4 Å². The maximum Gasteiger partial charge on any atom is 0.140 e.